The number of benzene rings is 1. The molecular formula is C16H19N3O3. The average molecular weight is 301 g/mol. The first-order valence-corrected chi connectivity index (χ1v) is 7.21. The van der Waals surface area contributed by atoms with Crippen LogP contribution in [0, 0.1) is 0 Å². The molecule has 2 aromatic rings. The lowest BCUT2D eigenvalue weighted by atomic mass is 9.99. The molecule has 0 fully saturated rings. The van der Waals surface area contributed by atoms with Crippen molar-refractivity contribution in [3.05, 3.63) is 47.2 Å². The van der Waals surface area contributed by atoms with E-state index in [-0.39, 0.29) is 12.0 Å². The first kappa shape index (κ1) is 14.6. The molecule has 1 aromatic heterocycles. The second kappa shape index (κ2) is 6.19. The van der Waals surface area contributed by atoms with Gasteiger partial charge in [-0.3, -0.25) is 9.48 Å². The first-order valence-electron chi connectivity index (χ1n) is 7.21. The van der Waals surface area contributed by atoms with E-state index in [0.717, 1.165) is 6.42 Å². The normalized spacial score (nSPS) is 16.9. The summed E-state index contributed by atoms with van der Waals surface area (Å²) in [5.74, 6) is 0.127. The van der Waals surface area contributed by atoms with Crippen LogP contribution in [0.3, 0.4) is 0 Å². The first-order chi connectivity index (χ1) is 10.7. The summed E-state index contributed by atoms with van der Waals surface area (Å²) in [6.07, 6.45) is 2.44. The summed E-state index contributed by atoms with van der Waals surface area (Å²) in [7, 11) is 3.25. The summed E-state index contributed by atoms with van der Waals surface area (Å²) in [6.45, 7) is 1.05. The topological polar surface area (TPSA) is 65.4 Å². The maximum atomic E-state index is 12.2. The van der Waals surface area contributed by atoms with Crippen molar-refractivity contribution in [1.29, 1.82) is 0 Å². The number of amides is 1. The van der Waals surface area contributed by atoms with Crippen LogP contribution in [-0.2, 0) is 24.8 Å². The highest BCUT2D eigenvalue weighted by atomic mass is 16.5. The van der Waals surface area contributed by atoms with Crippen molar-refractivity contribution in [2.75, 3.05) is 13.7 Å². The van der Waals surface area contributed by atoms with Crippen molar-refractivity contribution in [3.63, 3.8) is 0 Å². The van der Waals surface area contributed by atoms with Gasteiger partial charge in [-0.1, -0.05) is 24.3 Å². The zero-order valence-corrected chi connectivity index (χ0v) is 12.7. The Morgan fingerprint density at radius 3 is 3.00 bits per heavy atom. The molecule has 0 spiro atoms. The van der Waals surface area contributed by atoms with Gasteiger partial charge in [0.2, 0.25) is 5.88 Å². The monoisotopic (exact) mass is 301 g/mol. The molecule has 22 heavy (non-hydrogen) atoms. The maximum Gasteiger partial charge on any atom is 0.258 e. The van der Waals surface area contributed by atoms with Crippen LogP contribution in [-0.4, -0.2) is 35.4 Å². The number of methoxy groups -OCH3 is 1. The van der Waals surface area contributed by atoms with E-state index in [9.17, 15) is 4.79 Å². The zero-order chi connectivity index (χ0) is 15.5. The molecule has 2 heterocycles. The van der Waals surface area contributed by atoms with Crippen LogP contribution >= 0.6 is 0 Å². The fraction of sp³-hybridized carbons (Fsp3) is 0.375. The molecular weight excluding hydrogens is 282 g/mol. The minimum Gasteiger partial charge on any atom is -0.479 e. The summed E-state index contributed by atoms with van der Waals surface area (Å²) in [5, 5.41) is 6.97. The Morgan fingerprint density at radius 1 is 1.45 bits per heavy atom. The van der Waals surface area contributed by atoms with E-state index in [2.05, 4.69) is 22.5 Å². The Labute approximate surface area is 129 Å². The number of aromatic nitrogens is 2. The number of carbonyl (C=O) groups is 1. The fourth-order valence-electron chi connectivity index (χ4n) is 2.62. The molecule has 6 nitrogen and oxygen atoms in total. The van der Waals surface area contributed by atoms with E-state index >= 15 is 0 Å². The largest absolute Gasteiger partial charge is 0.479 e. The average Bonchev–Trinajstić information content (AvgIpc) is 2.93. The molecule has 6 heteroatoms. The lowest BCUT2D eigenvalue weighted by molar-refractivity contribution is 0.0284. The third kappa shape index (κ3) is 2.96. The number of ether oxygens (including phenoxy) is 2. The number of aryl methyl sites for hydroxylation is 1. The number of hydrogen-bond acceptors (Lipinski definition) is 4. The third-order valence-electron chi connectivity index (χ3n) is 3.76. The van der Waals surface area contributed by atoms with Gasteiger partial charge in [-0.25, -0.2) is 0 Å². The molecule has 1 amide bonds. The van der Waals surface area contributed by atoms with Gasteiger partial charge in [-0.05, 0) is 11.1 Å². The van der Waals surface area contributed by atoms with Crippen molar-refractivity contribution in [2.45, 2.75) is 19.1 Å². The second-order valence-electron chi connectivity index (χ2n) is 5.34. The number of nitrogens with zero attached hydrogens (tertiary/aromatic N) is 2. The molecule has 1 unspecified atom stereocenters. The summed E-state index contributed by atoms with van der Waals surface area (Å²) < 4.78 is 12.4. The van der Waals surface area contributed by atoms with Gasteiger partial charge < -0.3 is 14.8 Å². The Morgan fingerprint density at radius 2 is 2.23 bits per heavy atom. The molecule has 1 aliphatic heterocycles. The Kier molecular flexibility index (Phi) is 4.11. The van der Waals surface area contributed by atoms with E-state index < -0.39 is 0 Å². The molecule has 0 bridgehead atoms. The van der Waals surface area contributed by atoms with Gasteiger partial charge in [0.1, 0.15) is 5.56 Å². The molecule has 1 aliphatic rings. The van der Waals surface area contributed by atoms with Gasteiger partial charge in [-0.2, -0.15) is 0 Å². The summed E-state index contributed by atoms with van der Waals surface area (Å²) >= 11 is 0. The number of fused-ring (bicyclic) bond motifs is 1. The van der Waals surface area contributed by atoms with Crippen LogP contribution in [0.2, 0.25) is 0 Å². The third-order valence-corrected chi connectivity index (χ3v) is 3.76. The van der Waals surface area contributed by atoms with Crippen LogP contribution in [0.5, 0.6) is 5.88 Å². The van der Waals surface area contributed by atoms with E-state index in [0.29, 0.717) is 24.6 Å². The van der Waals surface area contributed by atoms with E-state index in [1.54, 1.807) is 17.9 Å². The predicted molar refractivity (Wildman–Crippen MR) is 80.8 cm³/mol. The number of carbonyl (C=O) groups excluding carboxylic acids is 1. The molecule has 0 saturated heterocycles. The lowest BCUT2D eigenvalue weighted by Crippen LogP contribution is -2.36. The van der Waals surface area contributed by atoms with Gasteiger partial charge >= 0.3 is 0 Å². The smallest absolute Gasteiger partial charge is 0.258 e. The highest BCUT2D eigenvalue weighted by molar-refractivity contribution is 5.96. The highest BCUT2D eigenvalue weighted by Crippen LogP contribution is 2.20. The summed E-state index contributed by atoms with van der Waals surface area (Å²) in [4.78, 5) is 12.2. The quantitative estimate of drug-likeness (QED) is 0.924. The minimum absolute atomic E-state index is 0.0125. The number of nitrogens with one attached hydrogen (secondary N) is 1. The van der Waals surface area contributed by atoms with Gasteiger partial charge in [0, 0.05) is 26.2 Å². The Hall–Kier alpha value is -2.34. The minimum atomic E-state index is -0.201. The summed E-state index contributed by atoms with van der Waals surface area (Å²) in [6, 6.07) is 8.22. The maximum absolute atomic E-state index is 12.2. The van der Waals surface area contributed by atoms with Crippen LogP contribution in [0.1, 0.15) is 21.5 Å². The van der Waals surface area contributed by atoms with Gasteiger partial charge in [0.25, 0.3) is 5.91 Å². The fourth-order valence-corrected chi connectivity index (χ4v) is 2.62. The van der Waals surface area contributed by atoms with Gasteiger partial charge in [0.05, 0.1) is 19.8 Å². The molecule has 1 aromatic carbocycles. The number of hydrogen-bond donors (Lipinski definition) is 1. The molecule has 1 atom stereocenters. The van der Waals surface area contributed by atoms with Crippen LogP contribution in [0.25, 0.3) is 0 Å². The van der Waals surface area contributed by atoms with Crippen molar-refractivity contribution < 1.29 is 14.3 Å². The molecule has 116 valence electrons. The van der Waals surface area contributed by atoms with E-state index in [4.69, 9.17) is 9.47 Å². The van der Waals surface area contributed by atoms with Crippen LogP contribution in [0.4, 0.5) is 0 Å². The molecule has 0 aliphatic carbocycles. The van der Waals surface area contributed by atoms with Crippen LogP contribution < -0.4 is 10.1 Å². The van der Waals surface area contributed by atoms with E-state index in [1.165, 1.54) is 18.2 Å². The SMILES string of the molecule is COc1nn(C)cc1C(=O)NCC1Cc2ccccc2CO1. The standard InChI is InChI=1S/C16H19N3O3/c1-19-9-14(16(18-19)21-2)15(20)17-8-13-7-11-5-3-4-6-12(11)10-22-13/h3-6,9,13H,7-8,10H2,1-2H3,(H,17,20). The number of rotatable bonds is 4. The molecule has 3 rings (SSSR count). The Bertz CT molecular complexity index is 681. The van der Waals surface area contributed by atoms with Crippen molar-refractivity contribution in [3.8, 4) is 5.88 Å². The lowest BCUT2D eigenvalue weighted by Gasteiger charge is -2.25. The van der Waals surface area contributed by atoms with Crippen molar-refractivity contribution in [1.82, 2.24) is 15.1 Å². The van der Waals surface area contributed by atoms with Gasteiger partial charge in [0.15, 0.2) is 0 Å². The van der Waals surface area contributed by atoms with Gasteiger partial charge in [-0.15, -0.1) is 5.10 Å². The Balaban J connectivity index is 1.60. The summed E-state index contributed by atoms with van der Waals surface area (Å²) in [5.41, 5.74) is 2.94. The van der Waals surface area contributed by atoms with E-state index in [1.807, 2.05) is 12.1 Å². The second-order valence-corrected chi connectivity index (χ2v) is 5.34. The highest BCUT2D eigenvalue weighted by Gasteiger charge is 2.21. The molecule has 1 N–H and O–H groups in total. The zero-order valence-electron chi connectivity index (χ0n) is 12.7. The van der Waals surface area contributed by atoms with Crippen molar-refractivity contribution in [2.24, 2.45) is 7.05 Å². The predicted octanol–water partition coefficient (Wildman–Crippen LogP) is 1.30. The molecule has 0 saturated carbocycles. The van der Waals surface area contributed by atoms with Crippen LogP contribution in [0.15, 0.2) is 30.5 Å². The molecule has 0 radical (unpaired) electrons. The van der Waals surface area contributed by atoms with Crippen molar-refractivity contribution >= 4 is 5.91 Å².